The molecular weight excluding hydrogens is 220 g/mol. The second-order valence-electron chi connectivity index (χ2n) is 4.02. The predicted molar refractivity (Wildman–Crippen MR) is 71.0 cm³/mol. The summed E-state index contributed by atoms with van der Waals surface area (Å²) in [6.45, 7) is 6.64. The molecular formula is C12H18N2OS. The smallest absolute Gasteiger partial charge is 0.261 e. The van der Waals surface area contributed by atoms with Gasteiger partial charge in [-0.15, -0.1) is 0 Å². The number of pyridine rings is 1. The van der Waals surface area contributed by atoms with E-state index in [9.17, 15) is 4.79 Å². The van der Waals surface area contributed by atoms with Crippen molar-refractivity contribution in [1.82, 2.24) is 4.57 Å². The summed E-state index contributed by atoms with van der Waals surface area (Å²) in [6.07, 6.45) is 2.04. The molecule has 0 radical (unpaired) electrons. The van der Waals surface area contributed by atoms with Crippen molar-refractivity contribution in [1.29, 1.82) is 0 Å². The van der Waals surface area contributed by atoms with Crippen LogP contribution in [0, 0.1) is 13.8 Å². The maximum Gasteiger partial charge on any atom is 0.261 e. The van der Waals surface area contributed by atoms with E-state index in [1.807, 2.05) is 19.9 Å². The molecule has 88 valence electrons. The first-order valence-electron chi connectivity index (χ1n) is 5.49. The zero-order valence-corrected chi connectivity index (χ0v) is 10.9. The van der Waals surface area contributed by atoms with Crippen LogP contribution < -0.4 is 11.3 Å². The van der Waals surface area contributed by atoms with Crippen molar-refractivity contribution in [3.8, 4) is 0 Å². The normalized spacial score (nSPS) is 10.4. The van der Waals surface area contributed by atoms with E-state index >= 15 is 0 Å². The fourth-order valence-electron chi connectivity index (χ4n) is 1.82. The molecule has 3 nitrogen and oxygen atoms in total. The third-order valence-electron chi connectivity index (χ3n) is 2.69. The fraction of sp³-hybridized carbons (Fsp3) is 0.500. The number of unbranched alkanes of at least 4 members (excludes halogenated alkanes) is 1. The van der Waals surface area contributed by atoms with Crippen LogP contribution in [0.4, 0.5) is 0 Å². The van der Waals surface area contributed by atoms with Gasteiger partial charge in [-0.1, -0.05) is 25.6 Å². The van der Waals surface area contributed by atoms with Crippen molar-refractivity contribution in [2.75, 3.05) is 0 Å². The van der Waals surface area contributed by atoms with Crippen molar-refractivity contribution < 1.29 is 0 Å². The van der Waals surface area contributed by atoms with E-state index in [1.165, 1.54) is 0 Å². The zero-order valence-electron chi connectivity index (χ0n) is 10.0. The lowest BCUT2D eigenvalue weighted by molar-refractivity contribution is 0.597. The average Bonchev–Trinajstić information content (AvgIpc) is 2.16. The molecule has 0 aliphatic carbocycles. The molecule has 1 aromatic heterocycles. The maximum absolute atomic E-state index is 12.2. The van der Waals surface area contributed by atoms with Gasteiger partial charge < -0.3 is 10.3 Å². The third kappa shape index (κ3) is 2.50. The van der Waals surface area contributed by atoms with Crippen molar-refractivity contribution in [3.05, 3.63) is 33.2 Å². The second kappa shape index (κ2) is 5.25. The first-order chi connectivity index (χ1) is 7.49. The summed E-state index contributed by atoms with van der Waals surface area (Å²) < 4.78 is 1.75. The summed E-state index contributed by atoms with van der Waals surface area (Å²) in [5, 5.41) is 0. The van der Waals surface area contributed by atoms with Gasteiger partial charge in [0, 0.05) is 12.2 Å². The fourth-order valence-corrected chi connectivity index (χ4v) is 2.07. The summed E-state index contributed by atoms with van der Waals surface area (Å²) in [5.74, 6) is 0. The van der Waals surface area contributed by atoms with E-state index in [0.29, 0.717) is 5.56 Å². The quantitative estimate of drug-likeness (QED) is 0.815. The lowest BCUT2D eigenvalue weighted by Gasteiger charge is -2.13. The van der Waals surface area contributed by atoms with E-state index in [-0.39, 0.29) is 10.5 Å². The summed E-state index contributed by atoms with van der Waals surface area (Å²) in [5.41, 5.74) is 7.84. The van der Waals surface area contributed by atoms with Gasteiger partial charge in [0.05, 0.1) is 5.56 Å². The van der Waals surface area contributed by atoms with Crippen molar-refractivity contribution in [3.63, 3.8) is 0 Å². The highest BCUT2D eigenvalue weighted by Gasteiger charge is 2.11. The van der Waals surface area contributed by atoms with Gasteiger partial charge in [0.2, 0.25) is 0 Å². The number of thiocarbonyl (C=S) groups is 1. The number of aryl methyl sites for hydroxylation is 2. The molecule has 0 fully saturated rings. The Morgan fingerprint density at radius 1 is 1.50 bits per heavy atom. The third-order valence-corrected chi connectivity index (χ3v) is 2.89. The van der Waals surface area contributed by atoms with Gasteiger partial charge in [-0.3, -0.25) is 4.79 Å². The minimum atomic E-state index is -0.0570. The SMILES string of the molecule is CCCCn1c(C)cc(C)c(C(N)=S)c1=O. The van der Waals surface area contributed by atoms with Crippen molar-refractivity contribution in [2.24, 2.45) is 5.73 Å². The molecule has 0 bridgehead atoms. The summed E-state index contributed by atoms with van der Waals surface area (Å²) in [4.78, 5) is 12.3. The largest absolute Gasteiger partial charge is 0.389 e. The molecule has 4 heteroatoms. The van der Waals surface area contributed by atoms with Gasteiger partial charge in [0.1, 0.15) is 4.99 Å². The van der Waals surface area contributed by atoms with E-state index in [4.69, 9.17) is 18.0 Å². The summed E-state index contributed by atoms with van der Waals surface area (Å²) in [7, 11) is 0. The molecule has 0 aromatic carbocycles. The Hall–Kier alpha value is -1.16. The summed E-state index contributed by atoms with van der Waals surface area (Å²) >= 11 is 4.92. The Morgan fingerprint density at radius 2 is 2.12 bits per heavy atom. The average molecular weight is 238 g/mol. The van der Waals surface area contributed by atoms with Crippen LogP contribution in [0.5, 0.6) is 0 Å². The van der Waals surface area contributed by atoms with Crippen LogP contribution in [0.25, 0.3) is 0 Å². The number of nitrogens with two attached hydrogens (primary N) is 1. The molecule has 0 saturated carbocycles. The molecule has 0 aliphatic heterocycles. The van der Waals surface area contributed by atoms with E-state index in [0.717, 1.165) is 30.6 Å². The number of aromatic nitrogens is 1. The topological polar surface area (TPSA) is 48.0 Å². The Labute approximate surface area is 101 Å². The van der Waals surface area contributed by atoms with Crippen LogP contribution in [0.3, 0.4) is 0 Å². The van der Waals surface area contributed by atoms with Gasteiger partial charge in [-0.2, -0.15) is 0 Å². The Kier molecular flexibility index (Phi) is 4.24. The van der Waals surface area contributed by atoms with Crippen molar-refractivity contribution in [2.45, 2.75) is 40.2 Å². The predicted octanol–water partition coefficient (Wildman–Crippen LogP) is 1.90. The van der Waals surface area contributed by atoms with Gasteiger partial charge in [-0.25, -0.2) is 0 Å². The molecule has 1 rings (SSSR count). The van der Waals surface area contributed by atoms with Crippen LogP contribution in [0.1, 0.15) is 36.6 Å². The monoisotopic (exact) mass is 238 g/mol. The molecule has 16 heavy (non-hydrogen) atoms. The number of rotatable bonds is 4. The van der Waals surface area contributed by atoms with Crippen molar-refractivity contribution >= 4 is 17.2 Å². The Bertz CT molecular complexity index is 463. The Balaban J connectivity index is 3.34. The molecule has 1 aromatic rings. The molecule has 0 unspecified atom stereocenters. The van der Waals surface area contributed by atoms with Crippen LogP contribution in [0.15, 0.2) is 10.9 Å². The van der Waals surface area contributed by atoms with Crippen LogP contribution in [-0.4, -0.2) is 9.56 Å². The van der Waals surface area contributed by atoms with Gasteiger partial charge in [-0.05, 0) is 31.9 Å². The highest BCUT2D eigenvalue weighted by atomic mass is 32.1. The lowest BCUT2D eigenvalue weighted by Crippen LogP contribution is -2.31. The minimum Gasteiger partial charge on any atom is -0.389 e. The van der Waals surface area contributed by atoms with Gasteiger partial charge in [0.25, 0.3) is 5.56 Å². The minimum absolute atomic E-state index is 0.0570. The molecule has 2 N–H and O–H groups in total. The number of hydrogen-bond donors (Lipinski definition) is 1. The molecule has 0 atom stereocenters. The first-order valence-corrected chi connectivity index (χ1v) is 5.90. The van der Waals surface area contributed by atoms with Crippen LogP contribution in [-0.2, 0) is 6.54 Å². The molecule has 1 heterocycles. The van der Waals surface area contributed by atoms with Crippen LogP contribution >= 0.6 is 12.2 Å². The zero-order chi connectivity index (χ0) is 12.3. The standard InChI is InChI=1S/C12H18N2OS/c1-4-5-6-14-9(3)7-8(2)10(11(13)16)12(14)15/h7H,4-6H2,1-3H3,(H2,13,16). The summed E-state index contributed by atoms with van der Waals surface area (Å²) in [6, 6.07) is 1.96. The molecule has 0 amide bonds. The highest BCUT2D eigenvalue weighted by molar-refractivity contribution is 7.80. The van der Waals surface area contributed by atoms with E-state index < -0.39 is 0 Å². The second-order valence-corrected chi connectivity index (χ2v) is 4.46. The lowest BCUT2D eigenvalue weighted by atomic mass is 10.1. The number of nitrogens with zero attached hydrogens (tertiary/aromatic N) is 1. The Morgan fingerprint density at radius 3 is 2.62 bits per heavy atom. The maximum atomic E-state index is 12.2. The first kappa shape index (κ1) is 12.9. The van der Waals surface area contributed by atoms with E-state index in [2.05, 4.69) is 6.92 Å². The van der Waals surface area contributed by atoms with E-state index in [1.54, 1.807) is 4.57 Å². The highest BCUT2D eigenvalue weighted by Crippen LogP contribution is 2.07. The molecule has 0 spiro atoms. The van der Waals surface area contributed by atoms with Crippen LogP contribution in [0.2, 0.25) is 0 Å². The molecule has 0 saturated heterocycles. The number of hydrogen-bond acceptors (Lipinski definition) is 2. The van der Waals surface area contributed by atoms with Gasteiger partial charge in [0.15, 0.2) is 0 Å². The van der Waals surface area contributed by atoms with Gasteiger partial charge >= 0.3 is 0 Å². The molecule has 0 aliphatic rings.